The molecule has 0 bridgehead atoms. The van der Waals surface area contributed by atoms with E-state index in [4.69, 9.17) is 11.6 Å². The molecule has 8 N–H and O–H groups in total. The molecule has 6 atom stereocenters. The van der Waals surface area contributed by atoms with E-state index in [-0.39, 0.29) is 48.6 Å². The van der Waals surface area contributed by atoms with Crippen molar-refractivity contribution in [2.45, 2.75) is 71.0 Å². The lowest BCUT2D eigenvalue weighted by Gasteiger charge is -2.33. The number of rotatable bonds is 16. The van der Waals surface area contributed by atoms with Gasteiger partial charge in [0.05, 0.1) is 24.6 Å². The molecule has 1 fully saturated rings. The molecule has 0 saturated heterocycles. The number of nitrogens with zero attached hydrogens (tertiary/aromatic N) is 3. The van der Waals surface area contributed by atoms with Crippen LogP contribution in [0.5, 0.6) is 0 Å². The number of carbonyl (C=O) groups is 3. The fourth-order valence-electron chi connectivity index (χ4n) is 6.24. The predicted molar refractivity (Wildman–Crippen MR) is 180 cm³/mol. The number of nitrogens with two attached hydrogens (primary N) is 2. The first-order valence-corrected chi connectivity index (χ1v) is 15.7. The van der Waals surface area contributed by atoms with Gasteiger partial charge >= 0.3 is 0 Å². The van der Waals surface area contributed by atoms with E-state index in [0.29, 0.717) is 35.8 Å². The zero-order valence-electron chi connectivity index (χ0n) is 28.0. The molecule has 4 unspecified atom stereocenters. The molecule has 2 aromatic carbocycles. The summed E-state index contributed by atoms with van der Waals surface area (Å²) in [5.41, 5.74) is 11.5. The number of Topliss-reactive ketones (excluding diaryl/α,β-unsaturated/α-hetero) is 1. The maximum Gasteiger partial charge on any atom is 0.251 e. The Morgan fingerprint density at radius 2 is 1.78 bits per heavy atom. The Morgan fingerprint density at radius 1 is 1.09 bits per heavy atom. The van der Waals surface area contributed by atoms with E-state index in [0.717, 1.165) is 16.7 Å². The molecule has 0 aliphatic heterocycles. The molecule has 12 heteroatoms. The molecule has 3 rings (SSSR count). The molecule has 1 aliphatic carbocycles. The number of amidine groups is 1. The Bertz CT molecular complexity index is 1480. The van der Waals surface area contributed by atoms with Gasteiger partial charge in [-0.05, 0) is 81.3 Å². The second-order valence-corrected chi connectivity index (χ2v) is 12.5. The third-order valence-electron chi connectivity index (χ3n) is 9.24. The Kier molecular flexibility index (Phi) is 12.4. The van der Waals surface area contributed by atoms with E-state index in [9.17, 15) is 19.6 Å². The molecule has 248 valence electrons. The van der Waals surface area contributed by atoms with E-state index < -0.39 is 11.5 Å². The number of nitriles is 1. The number of hydrazine groups is 1. The van der Waals surface area contributed by atoms with Crippen molar-refractivity contribution in [1.82, 2.24) is 26.4 Å². The summed E-state index contributed by atoms with van der Waals surface area (Å²) in [6.45, 7) is 10.1. The summed E-state index contributed by atoms with van der Waals surface area (Å²) in [5, 5.41) is 22.6. The van der Waals surface area contributed by atoms with Gasteiger partial charge in [-0.25, -0.2) is 11.4 Å². The molecular formula is C34H49N9O3. The highest BCUT2D eigenvalue weighted by molar-refractivity contribution is 6.00. The highest BCUT2D eigenvalue weighted by Gasteiger charge is 2.50. The van der Waals surface area contributed by atoms with Crippen LogP contribution in [0.3, 0.4) is 0 Å². The number of ketones is 1. The van der Waals surface area contributed by atoms with Crippen LogP contribution in [-0.4, -0.2) is 73.6 Å². The van der Waals surface area contributed by atoms with E-state index in [1.807, 2.05) is 44.2 Å². The highest BCUT2D eigenvalue weighted by Crippen LogP contribution is 2.43. The number of benzene rings is 2. The van der Waals surface area contributed by atoms with Gasteiger partial charge in [-0.3, -0.25) is 14.4 Å². The van der Waals surface area contributed by atoms with Gasteiger partial charge in [0, 0.05) is 30.3 Å². The fraction of sp³-hybridized carbons (Fsp3) is 0.500. The first-order valence-electron chi connectivity index (χ1n) is 15.7. The van der Waals surface area contributed by atoms with Gasteiger partial charge in [0.15, 0.2) is 5.78 Å². The van der Waals surface area contributed by atoms with Gasteiger partial charge in [0.25, 0.3) is 5.91 Å². The van der Waals surface area contributed by atoms with Crippen molar-refractivity contribution in [1.29, 1.82) is 5.26 Å². The van der Waals surface area contributed by atoms with Gasteiger partial charge in [-0.15, -0.1) is 0 Å². The van der Waals surface area contributed by atoms with E-state index in [1.165, 1.54) is 0 Å². The molecule has 1 saturated carbocycles. The summed E-state index contributed by atoms with van der Waals surface area (Å²) in [5.74, 6) is 6.10. The van der Waals surface area contributed by atoms with Crippen LogP contribution in [-0.2, 0) is 16.6 Å². The summed E-state index contributed by atoms with van der Waals surface area (Å²) < 4.78 is 0. The van der Waals surface area contributed by atoms with Gasteiger partial charge in [-0.2, -0.15) is 10.4 Å². The zero-order chi connectivity index (χ0) is 34.2. The van der Waals surface area contributed by atoms with Crippen molar-refractivity contribution in [2.24, 2.45) is 28.5 Å². The second kappa shape index (κ2) is 15.8. The number of likely N-dealkylation sites (N-methyl/N-ethyl adjacent to an activating group) is 1. The summed E-state index contributed by atoms with van der Waals surface area (Å²) in [4.78, 5) is 40.5. The monoisotopic (exact) mass is 631 g/mol. The molecule has 0 aromatic heterocycles. The van der Waals surface area contributed by atoms with Crippen LogP contribution in [0.2, 0.25) is 0 Å². The zero-order valence-corrected chi connectivity index (χ0v) is 28.0. The third kappa shape index (κ3) is 8.28. The second-order valence-electron chi connectivity index (χ2n) is 12.5. The van der Waals surface area contributed by atoms with Gasteiger partial charge < -0.3 is 26.6 Å². The summed E-state index contributed by atoms with van der Waals surface area (Å²) in [6, 6.07) is 14.5. The lowest BCUT2D eigenvalue weighted by Crippen LogP contribution is -2.49. The molecular weight excluding hydrogens is 582 g/mol. The number of hydrazone groups is 1. The van der Waals surface area contributed by atoms with Crippen molar-refractivity contribution in [3.8, 4) is 6.07 Å². The van der Waals surface area contributed by atoms with Crippen LogP contribution in [0.4, 0.5) is 0 Å². The average molecular weight is 632 g/mol. The molecule has 0 spiro atoms. The van der Waals surface area contributed by atoms with Crippen LogP contribution in [0, 0.1) is 23.2 Å². The van der Waals surface area contributed by atoms with E-state index >= 15 is 0 Å². The van der Waals surface area contributed by atoms with Crippen LogP contribution in [0.1, 0.15) is 78.4 Å². The smallest absolute Gasteiger partial charge is 0.251 e. The van der Waals surface area contributed by atoms with Crippen LogP contribution >= 0.6 is 0 Å². The Labute approximate surface area is 272 Å². The van der Waals surface area contributed by atoms with Crippen molar-refractivity contribution in [3.63, 3.8) is 0 Å². The molecule has 12 nitrogen and oxygen atoms in total. The number of hydrogen-bond donors (Lipinski definition) is 6. The highest BCUT2D eigenvalue weighted by atomic mass is 16.2. The minimum absolute atomic E-state index is 0.0579. The predicted octanol–water partition coefficient (Wildman–Crippen LogP) is 1.80. The fourth-order valence-corrected chi connectivity index (χ4v) is 6.24. The number of carbonyl (C=O) groups excluding carboxylic acids is 3. The van der Waals surface area contributed by atoms with Crippen LogP contribution in [0.25, 0.3) is 0 Å². The maximum absolute atomic E-state index is 13.3. The molecule has 46 heavy (non-hydrogen) atoms. The van der Waals surface area contributed by atoms with Crippen LogP contribution < -0.4 is 33.1 Å². The maximum atomic E-state index is 13.3. The lowest BCUT2D eigenvalue weighted by atomic mass is 9.75. The van der Waals surface area contributed by atoms with Crippen molar-refractivity contribution >= 4 is 23.4 Å². The number of nitrogens with one attached hydrogen (secondary N) is 4. The number of hydrogen-bond acceptors (Lipinski definition) is 9. The standard InChI is InChI=1S/C34H49N9O3/c1-20(40-19-30(45)43(21(2)17-35)31-22(3)23(31)4)16-34(5,33(36)41-42-37)27-11-12-28(29(44)18-38-6)26(15-27)14-24-9-8-10-25(13-24)32(46)39-7/h8-13,15,20-23,31,38,40,42H,14,16,18-19,37H2,1-7H3,(H2,36,41)(H,39,46)/t20-,21?,22+,23?,31?,34?/m1/s1. The van der Waals surface area contributed by atoms with Crippen molar-refractivity contribution < 1.29 is 14.4 Å². The minimum Gasteiger partial charge on any atom is -0.385 e. The average Bonchev–Trinajstić information content (AvgIpc) is 3.63. The first kappa shape index (κ1) is 36.2. The Hall–Kier alpha value is -4.31. The van der Waals surface area contributed by atoms with Crippen molar-refractivity contribution in [2.75, 3.05) is 27.2 Å². The summed E-state index contributed by atoms with van der Waals surface area (Å²) in [6.07, 6.45) is 0.843. The van der Waals surface area contributed by atoms with Gasteiger partial charge in [0.1, 0.15) is 11.9 Å². The lowest BCUT2D eigenvalue weighted by molar-refractivity contribution is -0.132. The third-order valence-corrected chi connectivity index (χ3v) is 9.24. The van der Waals surface area contributed by atoms with Crippen molar-refractivity contribution in [3.05, 3.63) is 70.3 Å². The minimum atomic E-state index is -0.857. The van der Waals surface area contributed by atoms with Gasteiger partial charge in [-0.1, -0.05) is 44.2 Å². The quantitative estimate of drug-likeness (QED) is 0.0527. The normalized spacial score (nSPS) is 20.1. The summed E-state index contributed by atoms with van der Waals surface area (Å²) in [7, 11) is 3.30. The Balaban J connectivity index is 1.94. The topological polar surface area (TPSA) is 191 Å². The van der Waals surface area contributed by atoms with E-state index in [1.54, 1.807) is 38.1 Å². The Morgan fingerprint density at radius 3 is 2.37 bits per heavy atom. The van der Waals surface area contributed by atoms with E-state index in [2.05, 4.69) is 46.5 Å². The molecule has 2 amide bonds. The van der Waals surface area contributed by atoms with Gasteiger partial charge in [0.2, 0.25) is 5.91 Å². The largest absolute Gasteiger partial charge is 0.385 e. The van der Waals surface area contributed by atoms with Crippen LogP contribution in [0.15, 0.2) is 47.6 Å². The molecule has 0 radical (unpaired) electrons. The SMILES string of the molecule is CNCC(=O)c1ccc(C(C)(C[C@@H](C)NCC(=O)N(C(C)C#N)C2C(C)[C@@H]2C)/C(N)=N/NN)cc1Cc1cccc(C(=O)NC)c1. The first-order chi connectivity index (χ1) is 21.8. The molecule has 2 aromatic rings. The molecule has 1 aliphatic rings. The molecule has 0 heterocycles. The summed E-state index contributed by atoms with van der Waals surface area (Å²) >= 11 is 0. The number of amides is 2.